The Morgan fingerprint density at radius 2 is 1.36 bits per heavy atom. The van der Waals surface area contributed by atoms with Crippen LogP contribution in [0.3, 0.4) is 0 Å². The highest BCUT2D eigenvalue weighted by Crippen LogP contribution is 2.46. The minimum atomic E-state index is 0.270. The third-order valence-electron chi connectivity index (χ3n) is 7.92. The highest BCUT2D eigenvalue weighted by atomic mass is 32.1. The van der Waals surface area contributed by atoms with Crippen LogP contribution in [0.25, 0.3) is 0 Å². The van der Waals surface area contributed by atoms with Gasteiger partial charge in [-0.25, -0.2) is 5.90 Å². The summed E-state index contributed by atoms with van der Waals surface area (Å²) in [4.78, 5) is 5.29. The molecule has 0 spiro atoms. The minimum absolute atomic E-state index is 0.270. The Hall–Kier alpha value is 0.270. The lowest BCUT2D eigenvalue weighted by Gasteiger charge is -2.44. The van der Waals surface area contributed by atoms with Gasteiger partial charge in [-0.2, -0.15) is 12.6 Å². The molecule has 0 aromatic heterocycles. The lowest BCUT2D eigenvalue weighted by Crippen LogP contribution is -2.40. The number of rotatable bonds is 3. The van der Waals surface area contributed by atoms with Crippen LogP contribution < -0.4 is 5.90 Å². The van der Waals surface area contributed by atoms with Gasteiger partial charge in [-0.3, -0.25) is 0 Å². The van der Waals surface area contributed by atoms with E-state index in [4.69, 9.17) is 23.4 Å². The van der Waals surface area contributed by atoms with E-state index in [0.29, 0.717) is 11.2 Å². The molecule has 3 aliphatic carbocycles. The first-order valence-corrected chi connectivity index (χ1v) is 11.7. The van der Waals surface area contributed by atoms with Crippen LogP contribution in [-0.4, -0.2) is 11.4 Å². The fourth-order valence-electron chi connectivity index (χ4n) is 6.21. The number of nitrogens with two attached hydrogens (primary N) is 1. The smallest absolute Gasteiger partial charge is 0.0815 e. The highest BCUT2D eigenvalue weighted by Gasteiger charge is 2.39. The summed E-state index contributed by atoms with van der Waals surface area (Å²) in [5, 5.41) is 0.600. The van der Waals surface area contributed by atoms with Crippen molar-refractivity contribution in [2.75, 3.05) is 0 Å². The highest BCUT2D eigenvalue weighted by molar-refractivity contribution is 7.81. The molecular weight excluding hydrogens is 326 g/mol. The number of hydrogen-bond acceptors (Lipinski definition) is 3. The second kappa shape index (κ2) is 9.99. The quantitative estimate of drug-likeness (QED) is 0.464. The molecule has 0 bridgehead atoms. The van der Waals surface area contributed by atoms with E-state index >= 15 is 0 Å². The van der Waals surface area contributed by atoms with Crippen molar-refractivity contribution in [2.45, 2.75) is 108 Å². The maximum Gasteiger partial charge on any atom is 0.0815 e. The molecule has 3 aliphatic rings. The fraction of sp³-hybridized carbons (Fsp3) is 1.00. The van der Waals surface area contributed by atoms with E-state index in [1.165, 1.54) is 83.5 Å². The van der Waals surface area contributed by atoms with Crippen molar-refractivity contribution in [3.8, 4) is 0 Å². The largest absolute Gasteiger partial charge is 0.301 e. The van der Waals surface area contributed by atoms with Crippen LogP contribution in [0.5, 0.6) is 0 Å². The zero-order valence-electron chi connectivity index (χ0n) is 16.4. The molecule has 0 aliphatic heterocycles. The minimum Gasteiger partial charge on any atom is -0.301 e. The molecule has 146 valence electrons. The number of hydrogen-bond donors (Lipinski definition) is 2. The summed E-state index contributed by atoms with van der Waals surface area (Å²) in [7, 11) is 0. The Morgan fingerprint density at radius 3 is 2.00 bits per heavy atom. The average Bonchev–Trinajstić information content (AvgIpc) is 2.76. The molecule has 0 aromatic carbocycles. The molecule has 6 unspecified atom stereocenters. The van der Waals surface area contributed by atoms with E-state index in [0.717, 1.165) is 30.1 Å². The molecule has 25 heavy (non-hydrogen) atoms. The van der Waals surface area contributed by atoms with Crippen molar-refractivity contribution < 1.29 is 4.84 Å². The van der Waals surface area contributed by atoms with E-state index in [2.05, 4.69) is 6.92 Å². The van der Waals surface area contributed by atoms with Crippen molar-refractivity contribution in [1.29, 1.82) is 0 Å². The lowest BCUT2D eigenvalue weighted by molar-refractivity contribution is -0.0350. The molecule has 0 saturated heterocycles. The molecule has 2 nitrogen and oxygen atoms in total. The van der Waals surface area contributed by atoms with E-state index in [1.807, 2.05) is 0 Å². The van der Waals surface area contributed by atoms with Crippen LogP contribution in [0, 0.1) is 29.6 Å². The zero-order chi connectivity index (χ0) is 17.6. The van der Waals surface area contributed by atoms with Gasteiger partial charge in [0.1, 0.15) is 0 Å². The standard InChI is InChI=1S/C22H41NOS/c1-16-10-11-19(14-21(16)24-23)20-13-12-18(15-22(20)25)17-8-6-4-2-3-5-7-9-17/h16-22,25H,2-15,23H2,1H3. The Balaban J connectivity index is 1.53. The Kier molecular flexibility index (Phi) is 8.00. The molecule has 3 heteroatoms. The third kappa shape index (κ3) is 5.39. The second-order valence-corrected chi connectivity index (χ2v) is 10.2. The summed E-state index contributed by atoms with van der Waals surface area (Å²) < 4.78 is 0. The zero-order valence-corrected chi connectivity index (χ0v) is 17.3. The predicted octanol–water partition coefficient (Wildman–Crippen LogP) is 6.15. The van der Waals surface area contributed by atoms with Crippen molar-refractivity contribution >= 4 is 12.6 Å². The van der Waals surface area contributed by atoms with E-state index in [1.54, 1.807) is 0 Å². The van der Waals surface area contributed by atoms with E-state index in [9.17, 15) is 0 Å². The molecule has 3 fully saturated rings. The van der Waals surface area contributed by atoms with Gasteiger partial charge in [0, 0.05) is 5.25 Å². The molecule has 2 N–H and O–H groups in total. The van der Waals surface area contributed by atoms with Gasteiger partial charge < -0.3 is 4.84 Å². The molecule has 0 aromatic rings. The first kappa shape index (κ1) is 20.0. The lowest BCUT2D eigenvalue weighted by atomic mass is 9.65. The van der Waals surface area contributed by atoms with Gasteiger partial charge in [-0.15, -0.1) is 0 Å². The first-order valence-electron chi connectivity index (χ1n) is 11.2. The molecule has 6 atom stereocenters. The summed E-state index contributed by atoms with van der Waals surface area (Å²) in [6, 6.07) is 0. The average molecular weight is 368 g/mol. The van der Waals surface area contributed by atoms with Crippen LogP contribution >= 0.6 is 12.6 Å². The Morgan fingerprint density at radius 1 is 0.720 bits per heavy atom. The van der Waals surface area contributed by atoms with Gasteiger partial charge in [-0.05, 0) is 68.1 Å². The molecule has 3 rings (SSSR count). The van der Waals surface area contributed by atoms with Crippen LogP contribution in [-0.2, 0) is 4.84 Å². The van der Waals surface area contributed by atoms with Crippen LogP contribution in [0.2, 0.25) is 0 Å². The SMILES string of the molecule is CC1CCC(C2CCC(C3CCCCCCCC3)CC2S)CC1ON. The van der Waals surface area contributed by atoms with Gasteiger partial charge in [0.2, 0.25) is 0 Å². The fourth-order valence-corrected chi connectivity index (χ4v) is 6.87. The summed E-state index contributed by atoms with van der Waals surface area (Å²) >= 11 is 5.12. The maximum atomic E-state index is 5.56. The van der Waals surface area contributed by atoms with Crippen LogP contribution in [0.15, 0.2) is 0 Å². The summed E-state index contributed by atoms with van der Waals surface area (Å²) in [6.45, 7) is 2.29. The van der Waals surface area contributed by atoms with Crippen molar-refractivity contribution in [1.82, 2.24) is 0 Å². The summed E-state index contributed by atoms with van der Waals surface area (Å²) in [5.41, 5.74) is 0. The molecule has 3 saturated carbocycles. The van der Waals surface area contributed by atoms with Crippen molar-refractivity contribution in [2.24, 2.45) is 35.5 Å². The topological polar surface area (TPSA) is 35.2 Å². The molecule has 0 amide bonds. The summed E-state index contributed by atoms with van der Waals surface area (Å²) in [6.07, 6.45) is 20.1. The molecule has 0 heterocycles. The molecular formula is C22H41NOS. The maximum absolute atomic E-state index is 5.56. The Labute approximate surface area is 161 Å². The van der Waals surface area contributed by atoms with E-state index in [-0.39, 0.29) is 6.10 Å². The van der Waals surface area contributed by atoms with Gasteiger partial charge >= 0.3 is 0 Å². The normalized spacial score (nSPS) is 42.4. The van der Waals surface area contributed by atoms with Crippen molar-refractivity contribution in [3.63, 3.8) is 0 Å². The van der Waals surface area contributed by atoms with Crippen LogP contribution in [0.1, 0.15) is 96.8 Å². The predicted molar refractivity (Wildman–Crippen MR) is 110 cm³/mol. The van der Waals surface area contributed by atoms with E-state index < -0.39 is 0 Å². The Bertz CT molecular complexity index is 380. The third-order valence-corrected chi connectivity index (χ3v) is 8.51. The summed E-state index contributed by atoms with van der Waals surface area (Å²) in [5.74, 6) is 9.69. The van der Waals surface area contributed by atoms with Gasteiger partial charge in [0.15, 0.2) is 0 Å². The molecule has 0 radical (unpaired) electrons. The monoisotopic (exact) mass is 367 g/mol. The van der Waals surface area contributed by atoms with Gasteiger partial charge in [0.25, 0.3) is 0 Å². The van der Waals surface area contributed by atoms with Gasteiger partial charge in [-0.1, -0.05) is 58.3 Å². The second-order valence-electron chi connectivity index (χ2n) is 9.49. The van der Waals surface area contributed by atoms with Crippen LogP contribution in [0.4, 0.5) is 0 Å². The van der Waals surface area contributed by atoms with Gasteiger partial charge in [0.05, 0.1) is 6.10 Å². The van der Waals surface area contributed by atoms with Crippen molar-refractivity contribution in [3.05, 3.63) is 0 Å². The first-order chi connectivity index (χ1) is 12.2. The number of thiol groups is 1.